The summed E-state index contributed by atoms with van der Waals surface area (Å²) in [4.78, 5) is 48.8. The van der Waals surface area contributed by atoms with Crippen LogP contribution in [0.15, 0.2) is 48.5 Å². The third kappa shape index (κ3) is 10.1. The summed E-state index contributed by atoms with van der Waals surface area (Å²) in [6.45, 7) is 2.37. The van der Waals surface area contributed by atoms with E-state index in [1.165, 1.54) is 0 Å². The molecule has 2 aromatic carbocycles. The van der Waals surface area contributed by atoms with Crippen LogP contribution in [-0.4, -0.2) is 71.9 Å². The highest BCUT2D eigenvalue weighted by Gasteiger charge is 2.36. The number of benzene rings is 2. The summed E-state index contributed by atoms with van der Waals surface area (Å²) in [5, 5.41) is 13.3. The van der Waals surface area contributed by atoms with Gasteiger partial charge in [0.2, 0.25) is 11.8 Å². The predicted molar refractivity (Wildman–Crippen MR) is 205 cm³/mol. The van der Waals surface area contributed by atoms with Crippen molar-refractivity contribution in [1.29, 1.82) is 0 Å². The molecule has 294 valence electrons. The quantitative estimate of drug-likeness (QED) is 0.0780. The number of anilines is 2. The van der Waals surface area contributed by atoms with E-state index in [9.17, 15) is 31.9 Å². The summed E-state index contributed by atoms with van der Waals surface area (Å²) in [6.07, 6.45) is 0.532. The zero-order chi connectivity index (χ0) is 39.3. The Morgan fingerprint density at radius 2 is 1.18 bits per heavy atom. The van der Waals surface area contributed by atoms with Crippen LogP contribution in [-0.2, 0) is 9.53 Å². The van der Waals surface area contributed by atoms with E-state index in [4.69, 9.17) is 27.9 Å². The molecule has 2 aliphatic carbocycles. The lowest BCUT2D eigenvalue weighted by Gasteiger charge is -2.28. The van der Waals surface area contributed by atoms with Gasteiger partial charge in [-0.15, -0.1) is 0 Å². The number of pyridine rings is 2. The van der Waals surface area contributed by atoms with Crippen molar-refractivity contribution in [3.63, 3.8) is 0 Å². The van der Waals surface area contributed by atoms with Crippen molar-refractivity contribution in [1.82, 2.24) is 20.6 Å². The molecular formula is C39H42Cl2F4N6O4. The van der Waals surface area contributed by atoms with Crippen molar-refractivity contribution >= 4 is 74.4 Å². The number of nitrogens with zero attached hydrogens (tertiary/aromatic N) is 2. The molecule has 2 saturated carbocycles. The van der Waals surface area contributed by atoms with E-state index in [1.54, 1.807) is 55.5 Å². The van der Waals surface area contributed by atoms with Gasteiger partial charge in [0, 0.05) is 56.1 Å². The van der Waals surface area contributed by atoms with E-state index < -0.39 is 35.7 Å². The summed E-state index contributed by atoms with van der Waals surface area (Å²) in [5.41, 5.74) is 1.34. The molecule has 2 aliphatic rings. The molecule has 10 nitrogen and oxygen atoms in total. The molecule has 0 bridgehead atoms. The van der Waals surface area contributed by atoms with E-state index in [2.05, 4.69) is 31.2 Å². The monoisotopic (exact) mass is 804 g/mol. The minimum atomic E-state index is -2.65. The summed E-state index contributed by atoms with van der Waals surface area (Å²) in [7, 11) is 0. The van der Waals surface area contributed by atoms with Crippen LogP contribution in [0.5, 0.6) is 0 Å². The zero-order valence-electron chi connectivity index (χ0n) is 30.1. The molecular weight excluding hydrogens is 763 g/mol. The minimum absolute atomic E-state index is 0.0276. The van der Waals surface area contributed by atoms with Crippen molar-refractivity contribution in [3.05, 3.63) is 69.7 Å². The maximum absolute atomic E-state index is 13.6. The average Bonchev–Trinajstić information content (AvgIpc) is 3.15. The molecule has 1 unspecified atom stereocenters. The van der Waals surface area contributed by atoms with Gasteiger partial charge in [0.05, 0.1) is 38.8 Å². The summed E-state index contributed by atoms with van der Waals surface area (Å²) in [6, 6.07) is 12.1. The van der Waals surface area contributed by atoms with Crippen LogP contribution >= 0.6 is 23.2 Å². The number of alkyl halides is 4. The molecule has 0 aliphatic heterocycles. The van der Waals surface area contributed by atoms with Gasteiger partial charge in [0.25, 0.3) is 11.8 Å². The van der Waals surface area contributed by atoms with Crippen LogP contribution in [0.25, 0.3) is 21.8 Å². The number of amides is 2. The Balaban J connectivity index is 1.12. The summed E-state index contributed by atoms with van der Waals surface area (Å²) < 4.78 is 59.6. The van der Waals surface area contributed by atoms with Crippen LogP contribution in [0, 0.1) is 11.8 Å². The maximum Gasteiger partial charge on any atom is 0.330 e. The van der Waals surface area contributed by atoms with Gasteiger partial charge >= 0.3 is 5.97 Å². The minimum Gasteiger partial charge on any atom is -0.464 e. The molecule has 4 aromatic rings. The number of aromatic nitrogens is 2. The number of carbonyl (C=O) groups excluding carboxylic acids is 3. The van der Waals surface area contributed by atoms with Crippen LogP contribution in [0.4, 0.5) is 29.2 Å². The first-order valence-corrected chi connectivity index (χ1v) is 19.1. The molecule has 0 spiro atoms. The van der Waals surface area contributed by atoms with Crippen LogP contribution in [0.1, 0.15) is 79.0 Å². The van der Waals surface area contributed by atoms with Crippen molar-refractivity contribution in [3.8, 4) is 0 Å². The smallest absolute Gasteiger partial charge is 0.330 e. The molecule has 2 fully saturated rings. The SMILES string of the molecule is CCOC(=O)C(CNc1ccc2c(C(=O)NCC3CCC(F)(F)CC3)c(Cl)ccc2n1)Nc1ccc2c(C(=O)NCC3CCC(F)(F)CC3)c(Cl)ccc2n1. The largest absolute Gasteiger partial charge is 0.464 e. The van der Waals surface area contributed by atoms with Gasteiger partial charge in [0.15, 0.2) is 0 Å². The topological polar surface area (TPSA) is 134 Å². The number of halogens is 6. The molecule has 16 heteroatoms. The van der Waals surface area contributed by atoms with Gasteiger partial charge in [-0.05, 0) is 93.0 Å². The first kappa shape index (κ1) is 40.2. The third-order valence-corrected chi connectivity index (χ3v) is 10.9. The second-order valence-corrected chi connectivity index (χ2v) is 15.0. The summed E-state index contributed by atoms with van der Waals surface area (Å²) >= 11 is 12.9. The highest BCUT2D eigenvalue weighted by molar-refractivity contribution is 6.36. The highest BCUT2D eigenvalue weighted by atomic mass is 35.5. The molecule has 2 aromatic heterocycles. The number of nitrogens with one attached hydrogen (secondary N) is 4. The molecule has 4 N–H and O–H groups in total. The molecule has 2 amide bonds. The summed E-state index contributed by atoms with van der Waals surface area (Å²) in [5.74, 6) is -6.08. The maximum atomic E-state index is 13.6. The number of ether oxygens (including phenoxy) is 1. The molecule has 55 heavy (non-hydrogen) atoms. The van der Waals surface area contributed by atoms with Crippen molar-refractivity contribution < 1.29 is 36.7 Å². The van der Waals surface area contributed by atoms with E-state index in [1.807, 2.05) is 0 Å². The van der Waals surface area contributed by atoms with Crippen molar-refractivity contribution in [2.45, 2.75) is 76.2 Å². The fourth-order valence-corrected chi connectivity index (χ4v) is 7.58. The van der Waals surface area contributed by atoms with Gasteiger partial charge in [-0.3, -0.25) is 9.59 Å². The number of hydrogen-bond donors (Lipinski definition) is 4. The van der Waals surface area contributed by atoms with Gasteiger partial charge < -0.3 is 26.0 Å². The fourth-order valence-electron chi connectivity index (χ4n) is 7.08. The normalized spacial score (nSPS) is 17.7. The Kier molecular flexibility index (Phi) is 12.5. The van der Waals surface area contributed by atoms with Crippen molar-refractivity contribution in [2.24, 2.45) is 11.8 Å². The van der Waals surface area contributed by atoms with Crippen LogP contribution < -0.4 is 21.3 Å². The van der Waals surface area contributed by atoms with Crippen molar-refractivity contribution in [2.75, 3.05) is 36.9 Å². The van der Waals surface area contributed by atoms with Gasteiger partial charge in [-0.25, -0.2) is 32.3 Å². The van der Waals surface area contributed by atoms with E-state index in [0.717, 1.165) is 0 Å². The fraction of sp³-hybridized carbons (Fsp3) is 0.462. The van der Waals surface area contributed by atoms with E-state index in [0.29, 0.717) is 59.1 Å². The highest BCUT2D eigenvalue weighted by Crippen LogP contribution is 2.37. The lowest BCUT2D eigenvalue weighted by atomic mass is 9.87. The molecule has 1 atom stereocenters. The Morgan fingerprint density at radius 1 is 0.727 bits per heavy atom. The number of carbonyl (C=O) groups is 3. The average molecular weight is 806 g/mol. The number of esters is 1. The van der Waals surface area contributed by atoms with E-state index >= 15 is 0 Å². The number of rotatable bonds is 13. The lowest BCUT2D eigenvalue weighted by molar-refractivity contribution is -0.143. The van der Waals surface area contributed by atoms with Crippen LogP contribution in [0.3, 0.4) is 0 Å². The Morgan fingerprint density at radius 3 is 1.65 bits per heavy atom. The number of hydrogen-bond acceptors (Lipinski definition) is 8. The Hall–Kier alpha value is -4.43. The Labute approximate surface area is 325 Å². The lowest BCUT2D eigenvalue weighted by Crippen LogP contribution is -2.38. The first-order chi connectivity index (χ1) is 26.2. The Bertz CT molecular complexity index is 2050. The number of fused-ring (bicyclic) bond motifs is 2. The first-order valence-electron chi connectivity index (χ1n) is 18.4. The van der Waals surface area contributed by atoms with Crippen LogP contribution in [0.2, 0.25) is 10.0 Å². The molecule has 0 saturated heterocycles. The predicted octanol–water partition coefficient (Wildman–Crippen LogP) is 8.66. The molecule has 6 rings (SSSR count). The second-order valence-electron chi connectivity index (χ2n) is 14.2. The van der Waals surface area contributed by atoms with E-state index in [-0.39, 0.29) is 84.9 Å². The zero-order valence-corrected chi connectivity index (χ0v) is 31.6. The second kappa shape index (κ2) is 17.2. The standard InChI is InChI=1S/C39H42Cl2F4N6O4/c1-2-55-37(54)30(51-32-10-4-25-29(50-32)8-6-27(41)34(25)36(53)48-20-23-13-17-39(44,45)18-14-23)21-46-31-9-3-24-28(49-31)7-5-26(40)33(24)35(52)47-19-22-11-15-38(42,43)16-12-22/h3-10,22-23,30H,2,11-21H2,1H3,(H,46,49)(H,47,52)(H,48,53)(H,50,51). The third-order valence-electron chi connectivity index (χ3n) is 10.3. The molecule has 2 heterocycles. The molecule has 0 radical (unpaired) electrons. The van der Waals surface area contributed by atoms with Gasteiger partial charge in [-0.2, -0.15) is 0 Å². The van der Waals surface area contributed by atoms with Gasteiger partial charge in [0.1, 0.15) is 17.7 Å². The van der Waals surface area contributed by atoms with Gasteiger partial charge in [-0.1, -0.05) is 23.2 Å².